The van der Waals surface area contributed by atoms with Gasteiger partial charge in [-0.15, -0.1) is 0 Å². The van der Waals surface area contributed by atoms with E-state index in [1.165, 1.54) is 13.0 Å². The van der Waals surface area contributed by atoms with Crippen molar-refractivity contribution in [3.63, 3.8) is 0 Å². The quantitative estimate of drug-likeness (QED) is 0.226. The van der Waals surface area contributed by atoms with Crippen molar-refractivity contribution >= 4 is 16.8 Å². The summed E-state index contributed by atoms with van der Waals surface area (Å²) < 4.78 is 59.3. The molecule has 1 N–H and O–H groups in total. The fraction of sp³-hybridized carbons (Fsp3) is 0.630. The second-order valence-electron chi connectivity index (χ2n) is 10.9. The van der Waals surface area contributed by atoms with E-state index in [1.807, 2.05) is 0 Å². The predicted octanol–water partition coefficient (Wildman–Crippen LogP) is 6.74. The molecule has 1 aromatic heterocycles. The zero-order valence-electron chi connectivity index (χ0n) is 20.6. The van der Waals surface area contributed by atoms with Crippen LogP contribution in [0, 0.1) is 11.7 Å². The summed E-state index contributed by atoms with van der Waals surface area (Å²) in [6, 6.07) is 3.35. The molecule has 2 saturated carbocycles. The summed E-state index contributed by atoms with van der Waals surface area (Å²) in [5.41, 5.74) is -2.79. The molecule has 35 heavy (non-hydrogen) atoms. The minimum absolute atomic E-state index is 0.176. The predicted molar refractivity (Wildman–Crippen MR) is 127 cm³/mol. The minimum atomic E-state index is -3.47. The summed E-state index contributed by atoms with van der Waals surface area (Å²) in [5, 5.41) is 10.4. The molecular formula is C27H34F4N2O2. The number of hydrogen-bond acceptors (Lipinski definition) is 3. The summed E-state index contributed by atoms with van der Waals surface area (Å²) in [6.45, 7) is 7.84. The minimum Gasteiger partial charge on any atom is -0.386 e. The molecule has 4 nitrogen and oxygen atoms in total. The Bertz CT molecular complexity index is 1150. The van der Waals surface area contributed by atoms with Crippen molar-refractivity contribution in [1.29, 1.82) is 0 Å². The summed E-state index contributed by atoms with van der Waals surface area (Å²) in [4.78, 5) is 17.0. The number of aryl methyl sites for hydroxylation is 1. The molecule has 1 aromatic carbocycles. The molecule has 2 aliphatic rings. The topological polar surface area (TPSA) is 55.1 Å². The van der Waals surface area contributed by atoms with Crippen molar-refractivity contribution in [3.05, 3.63) is 41.5 Å². The van der Waals surface area contributed by atoms with E-state index in [4.69, 9.17) is 0 Å². The van der Waals surface area contributed by atoms with Crippen LogP contribution in [-0.4, -0.2) is 32.0 Å². The molecule has 2 aliphatic carbocycles. The van der Waals surface area contributed by atoms with E-state index in [1.54, 1.807) is 19.9 Å². The van der Waals surface area contributed by atoms with E-state index in [9.17, 15) is 27.5 Å². The van der Waals surface area contributed by atoms with Gasteiger partial charge >= 0.3 is 0 Å². The second-order valence-corrected chi connectivity index (χ2v) is 10.9. The molecule has 0 bridgehead atoms. The van der Waals surface area contributed by atoms with Gasteiger partial charge in [-0.3, -0.25) is 4.79 Å². The number of halogens is 4. The smallest absolute Gasteiger partial charge is 0.285 e. The normalized spacial score (nSPS) is 24.3. The first-order chi connectivity index (χ1) is 16.3. The number of nitrogens with zero attached hydrogens (tertiary/aromatic N) is 2. The van der Waals surface area contributed by atoms with Crippen LogP contribution < -0.4 is 0 Å². The van der Waals surface area contributed by atoms with Crippen LogP contribution in [0.25, 0.3) is 11.0 Å². The summed E-state index contributed by atoms with van der Waals surface area (Å²) in [5.74, 6) is -4.46. The van der Waals surface area contributed by atoms with Crippen molar-refractivity contribution in [2.45, 2.75) is 102 Å². The van der Waals surface area contributed by atoms with Crippen molar-refractivity contribution < 1.29 is 27.5 Å². The van der Waals surface area contributed by atoms with Crippen molar-refractivity contribution in [2.24, 2.45) is 5.92 Å². The van der Waals surface area contributed by atoms with Crippen LogP contribution in [-0.2, 0) is 16.8 Å². The number of ketones is 1. The zero-order chi connectivity index (χ0) is 25.8. The third-order valence-electron chi connectivity index (χ3n) is 7.77. The highest BCUT2D eigenvalue weighted by atomic mass is 19.3. The Morgan fingerprint density at radius 3 is 2.49 bits per heavy atom. The first-order valence-electron chi connectivity index (χ1n) is 12.4. The molecule has 8 heteroatoms. The van der Waals surface area contributed by atoms with Gasteiger partial charge in [-0.05, 0) is 76.1 Å². The summed E-state index contributed by atoms with van der Waals surface area (Å²) in [6.07, 6.45) is 4.04. The number of rotatable bonds is 10. The van der Waals surface area contributed by atoms with Crippen LogP contribution in [0.15, 0.2) is 24.3 Å². The maximum Gasteiger partial charge on any atom is 0.285 e. The lowest BCUT2D eigenvalue weighted by atomic mass is 9.62. The number of carbonyl (C=O) groups excluding carboxylic acids is 1. The van der Waals surface area contributed by atoms with Crippen LogP contribution in [0.5, 0.6) is 0 Å². The molecule has 0 saturated heterocycles. The van der Waals surface area contributed by atoms with Gasteiger partial charge in [-0.25, -0.2) is 22.5 Å². The first kappa shape index (κ1) is 25.9. The molecule has 2 aromatic rings. The number of carbonyl (C=O) groups is 1. The van der Waals surface area contributed by atoms with Gasteiger partial charge in [0.25, 0.3) is 5.92 Å². The van der Waals surface area contributed by atoms with E-state index < -0.39 is 35.3 Å². The number of Topliss-reactive ketones (excluding diaryl/α,β-unsaturated/α-hetero) is 1. The number of alkyl halides is 3. The number of aromatic nitrogens is 2. The Labute approximate surface area is 203 Å². The molecule has 4 rings (SSSR count). The lowest BCUT2D eigenvalue weighted by Gasteiger charge is -2.50. The second kappa shape index (κ2) is 9.02. The number of fused-ring (bicyclic) bond motifs is 1. The number of allylic oxidation sites excluding steroid dienone is 1. The Hall–Kier alpha value is -2.22. The molecule has 0 aliphatic heterocycles. The third-order valence-corrected chi connectivity index (χ3v) is 7.77. The first-order valence-corrected chi connectivity index (χ1v) is 12.4. The number of benzene rings is 1. The van der Waals surface area contributed by atoms with E-state index in [-0.39, 0.29) is 35.8 Å². The highest BCUT2D eigenvalue weighted by Gasteiger charge is 2.70. The maximum absolute atomic E-state index is 14.9. The summed E-state index contributed by atoms with van der Waals surface area (Å²) >= 11 is 0. The molecule has 2 fully saturated rings. The molecule has 0 radical (unpaired) electrons. The van der Waals surface area contributed by atoms with Gasteiger partial charge in [0.1, 0.15) is 17.1 Å². The van der Waals surface area contributed by atoms with Crippen LogP contribution in [0.1, 0.15) is 89.6 Å². The van der Waals surface area contributed by atoms with E-state index >= 15 is 0 Å². The number of aliphatic hydroxyl groups is 1. The lowest BCUT2D eigenvalue weighted by molar-refractivity contribution is -0.232. The van der Waals surface area contributed by atoms with Gasteiger partial charge in [0.05, 0.1) is 11.1 Å². The van der Waals surface area contributed by atoms with Crippen LogP contribution in [0.3, 0.4) is 0 Å². The van der Waals surface area contributed by atoms with Gasteiger partial charge in [-0.2, -0.15) is 0 Å². The average Bonchev–Trinajstić information content (AvgIpc) is 3.07. The molecule has 0 spiro atoms. The average molecular weight is 495 g/mol. The van der Waals surface area contributed by atoms with Gasteiger partial charge in [0.2, 0.25) is 0 Å². The molecule has 2 atom stereocenters. The Balaban J connectivity index is 1.41. The highest BCUT2D eigenvalue weighted by molar-refractivity contribution is 5.79. The SMILES string of the molecule is C=C(C)C1(F)C(CC(=O)CCCCc2nc3c(F)cc(C(C)(C)O)cc3n2C2CCC2)CC1(F)F. The standard InChI is InChI=1S/C27H34F4N2O2/c1-16(2)27(31)18(15-26(27,29)30)12-20(34)10-5-6-11-23-32-24-21(28)13-17(25(3,4)35)14-22(24)33(23)19-8-7-9-19/h13-14,18-19,35H,1,5-12,15H2,2-4H3. The van der Waals surface area contributed by atoms with Gasteiger partial charge in [0, 0.05) is 37.6 Å². The van der Waals surface area contributed by atoms with Crippen molar-refractivity contribution in [3.8, 4) is 0 Å². The van der Waals surface area contributed by atoms with Gasteiger partial charge in [0.15, 0.2) is 11.5 Å². The van der Waals surface area contributed by atoms with Gasteiger partial charge < -0.3 is 9.67 Å². The molecule has 192 valence electrons. The van der Waals surface area contributed by atoms with Crippen molar-refractivity contribution in [1.82, 2.24) is 9.55 Å². The van der Waals surface area contributed by atoms with Crippen molar-refractivity contribution in [2.75, 3.05) is 0 Å². The maximum atomic E-state index is 14.9. The molecule has 1 heterocycles. The van der Waals surface area contributed by atoms with E-state index in [0.29, 0.717) is 30.3 Å². The Kier molecular flexibility index (Phi) is 6.66. The largest absolute Gasteiger partial charge is 0.386 e. The molecule has 0 amide bonds. The fourth-order valence-corrected chi connectivity index (χ4v) is 5.40. The Morgan fingerprint density at radius 1 is 1.26 bits per heavy atom. The van der Waals surface area contributed by atoms with E-state index in [0.717, 1.165) is 25.1 Å². The summed E-state index contributed by atoms with van der Waals surface area (Å²) in [7, 11) is 0. The molecule has 2 unspecified atom stereocenters. The van der Waals surface area contributed by atoms with Crippen LogP contribution in [0.4, 0.5) is 17.6 Å². The fourth-order valence-electron chi connectivity index (χ4n) is 5.40. The third kappa shape index (κ3) is 4.54. The number of unbranched alkanes of at least 4 members (excludes halogenated alkanes) is 1. The number of hydrogen-bond donors (Lipinski definition) is 1. The van der Waals surface area contributed by atoms with E-state index in [2.05, 4.69) is 16.1 Å². The lowest BCUT2D eigenvalue weighted by Crippen LogP contribution is -2.62. The number of imidazole rings is 1. The van der Waals surface area contributed by atoms with Crippen LogP contribution >= 0.6 is 0 Å². The Morgan fingerprint density at radius 2 is 1.94 bits per heavy atom. The molecular weight excluding hydrogens is 460 g/mol. The van der Waals surface area contributed by atoms with Gasteiger partial charge in [-0.1, -0.05) is 6.58 Å². The highest BCUT2D eigenvalue weighted by Crippen LogP contribution is 2.58. The zero-order valence-corrected chi connectivity index (χ0v) is 20.6. The van der Waals surface area contributed by atoms with Crippen LogP contribution in [0.2, 0.25) is 0 Å². The monoisotopic (exact) mass is 494 g/mol.